The Hall–Kier alpha value is -5.40. The van der Waals surface area contributed by atoms with Crippen molar-refractivity contribution in [2.24, 2.45) is 0 Å². The predicted molar refractivity (Wildman–Crippen MR) is 154 cm³/mol. The van der Waals surface area contributed by atoms with E-state index in [9.17, 15) is 14.2 Å². The summed E-state index contributed by atoms with van der Waals surface area (Å²) in [5.41, 5.74) is -2.11. The molecular formula is C32H25O9P. The van der Waals surface area contributed by atoms with Crippen LogP contribution in [0.5, 0.6) is 34.5 Å². The summed E-state index contributed by atoms with van der Waals surface area (Å²) in [6.07, 6.45) is 0.613. The molecule has 0 N–H and O–H groups in total. The van der Waals surface area contributed by atoms with E-state index in [0.29, 0.717) is 11.5 Å². The topological polar surface area (TPSA) is 107 Å². The molecule has 42 heavy (non-hydrogen) atoms. The third-order valence-electron chi connectivity index (χ3n) is 5.34. The Morgan fingerprint density at radius 3 is 1.36 bits per heavy atom. The normalized spacial score (nSPS) is 12.6. The summed E-state index contributed by atoms with van der Waals surface area (Å²) in [4.78, 5) is 23.1. The Morgan fingerprint density at radius 2 is 0.929 bits per heavy atom. The molecule has 0 amide bonds. The average Bonchev–Trinajstić information content (AvgIpc) is 3.03. The summed E-state index contributed by atoms with van der Waals surface area (Å²) in [5, 5.41) is 0. The van der Waals surface area contributed by atoms with Gasteiger partial charge in [0.25, 0.3) is 8.46 Å². The zero-order valence-electron chi connectivity index (χ0n) is 22.2. The van der Waals surface area contributed by atoms with Gasteiger partial charge in [-0.15, -0.1) is 0 Å². The first-order chi connectivity index (χ1) is 20.4. The van der Waals surface area contributed by atoms with Gasteiger partial charge in [-0.3, -0.25) is 4.57 Å². The molecule has 0 saturated heterocycles. The van der Waals surface area contributed by atoms with Crippen molar-refractivity contribution in [3.63, 3.8) is 0 Å². The zero-order valence-corrected chi connectivity index (χ0v) is 23.1. The van der Waals surface area contributed by atoms with Gasteiger partial charge < -0.3 is 28.4 Å². The van der Waals surface area contributed by atoms with Gasteiger partial charge in [0.1, 0.15) is 34.5 Å². The number of hydrogen-bond acceptors (Lipinski definition) is 9. The highest BCUT2D eigenvalue weighted by Gasteiger charge is 2.51. The number of carbonyl (C=O) groups excluding carboxylic acids is 2. The maximum Gasteiger partial charge on any atom is 0.409 e. The molecule has 0 heterocycles. The standard InChI is InChI=1S/C32H25O9P/c1-3-29(33)36-24-15-17-26(18-16-24)39-31(38-23-11-7-5-8-12-23)32(42-35,40-27-13-9-6-10-14-27)41-28-21-19-25(20-22-28)37-30(34)4-2/h3-22,31H,1-2H2. The van der Waals surface area contributed by atoms with E-state index < -0.39 is 32.2 Å². The molecule has 0 saturated carbocycles. The van der Waals surface area contributed by atoms with Crippen molar-refractivity contribution < 1.29 is 42.6 Å². The van der Waals surface area contributed by atoms with Crippen molar-refractivity contribution in [2.75, 3.05) is 0 Å². The van der Waals surface area contributed by atoms with Gasteiger partial charge in [0.05, 0.1) is 0 Å². The number of ether oxygens (including phenoxy) is 6. The van der Waals surface area contributed by atoms with Gasteiger partial charge in [0, 0.05) is 12.2 Å². The number of hydrogen-bond donors (Lipinski definition) is 0. The third-order valence-corrected chi connectivity index (χ3v) is 5.99. The van der Waals surface area contributed by atoms with Crippen LogP contribution in [-0.2, 0) is 14.2 Å². The minimum Gasteiger partial charge on any atom is -0.447 e. The van der Waals surface area contributed by atoms with E-state index >= 15 is 0 Å². The van der Waals surface area contributed by atoms with Gasteiger partial charge in [-0.1, -0.05) is 49.6 Å². The van der Waals surface area contributed by atoms with E-state index in [2.05, 4.69) is 13.2 Å². The van der Waals surface area contributed by atoms with Crippen LogP contribution in [0.1, 0.15) is 0 Å². The Labute approximate surface area is 243 Å². The highest BCUT2D eigenvalue weighted by atomic mass is 31.1. The first-order valence-electron chi connectivity index (χ1n) is 12.5. The number of esters is 2. The summed E-state index contributed by atoms with van der Waals surface area (Å²) < 4.78 is 48.0. The zero-order chi connectivity index (χ0) is 29.8. The maximum absolute atomic E-state index is 13.1. The van der Waals surface area contributed by atoms with Gasteiger partial charge in [-0.05, 0) is 72.8 Å². The Bertz CT molecular complexity index is 1510. The third kappa shape index (κ3) is 8.06. The maximum atomic E-state index is 13.1. The van der Waals surface area contributed by atoms with E-state index in [4.69, 9.17) is 28.4 Å². The van der Waals surface area contributed by atoms with E-state index in [0.717, 1.165) is 12.2 Å². The second-order valence-corrected chi connectivity index (χ2v) is 9.12. The molecule has 4 aromatic carbocycles. The van der Waals surface area contributed by atoms with Crippen molar-refractivity contribution in [3.8, 4) is 34.5 Å². The van der Waals surface area contributed by atoms with Crippen LogP contribution in [0.3, 0.4) is 0 Å². The fraction of sp³-hybridized carbons (Fsp3) is 0.0625. The molecular weight excluding hydrogens is 559 g/mol. The van der Waals surface area contributed by atoms with Crippen LogP contribution in [0.25, 0.3) is 0 Å². The molecule has 0 aliphatic heterocycles. The van der Waals surface area contributed by atoms with Gasteiger partial charge in [0.2, 0.25) is 0 Å². The Morgan fingerprint density at radius 1 is 0.571 bits per heavy atom. The fourth-order valence-electron chi connectivity index (χ4n) is 3.42. The molecule has 10 heteroatoms. The minimum atomic E-state index is -2.11. The average molecular weight is 585 g/mol. The largest absolute Gasteiger partial charge is 0.447 e. The Balaban J connectivity index is 1.72. The highest BCUT2D eigenvalue weighted by Crippen LogP contribution is 2.38. The van der Waals surface area contributed by atoms with Gasteiger partial charge in [-0.2, -0.15) is 0 Å². The molecule has 0 bridgehead atoms. The van der Waals surface area contributed by atoms with Gasteiger partial charge >= 0.3 is 23.8 Å². The summed E-state index contributed by atoms with van der Waals surface area (Å²) in [5.74, 6) is 0.404. The van der Waals surface area contributed by atoms with Crippen LogP contribution in [0, 0.1) is 0 Å². The number of benzene rings is 4. The lowest BCUT2D eigenvalue weighted by Crippen LogP contribution is -2.54. The summed E-state index contributed by atoms with van der Waals surface area (Å²) in [6, 6.07) is 29.3. The lowest BCUT2D eigenvalue weighted by atomic mass is 10.3. The Kier molecular flexibility index (Phi) is 10.1. The monoisotopic (exact) mass is 584 g/mol. The molecule has 0 fully saturated rings. The molecule has 2 unspecified atom stereocenters. The molecule has 2 atom stereocenters. The van der Waals surface area contributed by atoms with E-state index in [1.807, 2.05) is 6.07 Å². The number of para-hydroxylation sites is 2. The van der Waals surface area contributed by atoms with E-state index in [1.165, 1.54) is 48.5 Å². The highest BCUT2D eigenvalue weighted by molar-refractivity contribution is 7.25. The van der Waals surface area contributed by atoms with Crippen molar-refractivity contribution in [2.45, 2.75) is 11.8 Å². The lowest BCUT2D eigenvalue weighted by molar-refractivity contribution is -0.182. The lowest BCUT2D eigenvalue weighted by Gasteiger charge is -2.34. The molecule has 0 spiro atoms. The molecule has 0 radical (unpaired) electrons. The van der Waals surface area contributed by atoms with Crippen LogP contribution in [0.15, 0.2) is 135 Å². The molecule has 4 aromatic rings. The number of carbonyl (C=O) groups is 2. The van der Waals surface area contributed by atoms with Gasteiger partial charge in [0.15, 0.2) is 0 Å². The van der Waals surface area contributed by atoms with Crippen LogP contribution in [0.2, 0.25) is 0 Å². The first kappa shape index (κ1) is 29.6. The molecule has 0 aliphatic carbocycles. The summed E-state index contributed by atoms with van der Waals surface area (Å²) in [7, 11) is -0.659. The molecule has 9 nitrogen and oxygen atoms in total. The summed E-state index contributed by atoms with van der Waals surface area (Å²) >= 11 is 0. The quantitative estimate of drug-likeness (QED) is 0.0523. The van der Waals surface area contributed by atoms with Crippen LogP contribution >= 0.6 is 8.46 Å². The smallest absolute Gasteiger partial charge is 0.409 e. The predicted octanol–water partition coefficient (Wildman–Crippen LogP) is 6.76. The van der Waals surface area contributed by atoms with E-state index in [1.54, 1.807) is 54.6 Å². The second kappa shape index (κ2) is 14.3. The SMILES string of the molecule is C=CC(=O)Oc1ccc(OC(Oc2ccccc2)C(Oc2ccccc2)(Oc2ccc(OC(=O)C=C)cc2)P=O)cc1. The van der Waals surface area contributed by atoms with Crippen LogP contribution in [-0.4, -0.2) is 23.8 Å². The van der Waals surface area contributed by atoms with Crippen molar-refractivity contribution >= 4 is 20.4 Å². The van der Waals surface area contributed by atoms with Crippen molar-refractivity contribution in [1.29, 1.82) is 0 Å². The van der Waals surface area contributed by atoms with E-state index in [-0.39, 0.29) is 23.0 Å². The van der Waals surface area contributed by atoms with Crippen molar-refractivity contribution in [1.82, 2.24) is 0 Å². The minimum absolute atomic E-state index is 0.199. The van der Waals surface area contributed by atoms with Crippen LogP contribution < -0.4 is 28.4 Å². The first-order valence-corrected chi connectivity index (χ1v) is 13.3. The van der Waals surface area contributed by atoms with Crippen LogP contribution in [0.4, 0.5) is 0 Å². The molecule has 0 aliphatic rings. The van der Waals surface area contributed by atoms with Crippen molar-refractivity contribution in [3.05, 3.63) is 135 Å². The molecule has 0 aromatic heterocycles. The fourth-order valence-corrected chi connectivity index (χ4v) is 3.90. The summed E-state index contributed by atoms with van der Waals surface area (Å²) in [6.45, 7) is 6.76. The molecule has 212 valence electrons. The molecule has 4 rings (SSSR count). The van der Waals surface area contributed by atoms with Gasteiger partial charge in [-0.25, -0.2) is 9.59 Å². The second-order valence-electron chi connectivity index (χ2n) is 8.31. The number of rotatable bonds is 14.